The molecule has 5 atom stereocenters. The van der Waals surface area contributed by atoms with Crippen LogP contribution >= 0.6 is 11.3 Å². The number of ether oxygens (including phenoxy) is 1. The molecular formula is C27H34N2O2S. The van der Waals surface area contributed by atoms with Gasteiger partial charge in [-0.25, -0.2) is 9.97 Å². The number of oxazole rings is 1. The number of fused-ring (bicyclic) bond motifs is 5. The Hall–Kier alpha value is -1.98. The van der Waals surface area contributed by atoms with Gasteiger partial charge in [0.15, 0.2) is 11.5 Å². The number of aromatic nitrogens is 2. The van der Waals surface area contributed by atoms with E-state index in [0.717, 1.165) is 63.2 Å². The molecule has 3 aliphatic carbocycles. The molecule has 3 aromatic rings. The van der Waals surface area contributed by atoms with Crippen LogP contribution < -0.4 is 0 Å². The van der Waals surface area contributed by atoms with Gasteiger partial charge in [0.2, 0.25) is 0 Å². The first-order valence-corrected chi connectivity index (χ1v) is 13.1. The maximum absolute atomic E-state index is 6.35. The van der Waals surface area contributed by atoms with Crippen molar-refractivity contribution in [3.8, 4) is 10.6 Å². The Balaban J connectivity index is 1.38. The van der Waals surface area contributed by atoms with Crippen LogP contribution in [-0.4, -0.2) is 16.6 Å². The molecule has 4 nitrogen and oxygen atoms in total. The van der Waals surface area contributed by atoms with Crippen molar-refractivity contribution in [3.63, 3.8) is 0 Å². The maximum atomic E-state index is 6.35. The minimum Gasteiger partial charge on any atom is -0.440 e. The number of hydrogen-bond donors (Lipinski definition) is 0. The molecule has 0 N–H and O–H groups in total. The number of benzene rings is 1. The highest BCUT2D eigenvalue weighted by molar-refractivity contribution is 7.13. The van der Waals surface area contributed by atoms with Gasteiger partial charge in [-0.1, -0.05) is 12.5 Å². The highest BCUT2D eigenvalue weighted by Gasteiger charge is 2.35. The monoisotopic (exact) mass is 450 g/mol. The van der Waals surface area contributed by atoms with Crippen molar-refractivity contribution in [2.24, 2.45) is 23.7 Å². The van der Waals surface area contributed by atoms with Crippen LogP contribution in [0.2, 0.25) is 0 Å². The van der Waals surface area contributed by atoms with Gasteiger partial charge in [0, 0.05) is 24.6 Å². The summed E-state index contributed by atoms with van der Waals surface area (Å²) in [6, 6.07) is 4.29. The summed E-state index contributed by atoms with van der Waals surface area (Å²) < 4.78 is 12.2. The molecule has 170 valence electrons. The van der Waals surface area contributed by atoms with Crippen molar-refractivity contribution in [2.45, 2.75) is 64.9 Å². The molecule has 6 rings (SSSR count). The predicted octanol–water partition coefficient (Wildman–Crippen LogP) is 7.61. The molecule has 32 heavy (non-hydrogen) atoms. The van der Waals surface area contributed by atoms with E-state index in [4.69, 9.17) is 14.1 Å². The molecule has 0 aliphatic heterocycles. The SMILES string of the molecule is C=CC1CC2CCC1CC(CCc1nc3cc(C(C)OCC)cc(-c4nccs4)c3o1)C2. The van der Waals surface area contributed by atoms with Gasteiger partial charge in [-0.15, -0.1) is 17.9 Å². The minimum absolute atomic E-state index is 0.0162. The summed E-state index contributed by atoms with van der Waals surface area (Å²) in [5.74, 6) is 4.08. The highest BCUT2D eigenvalue weighted by atomic mass is 32.1. The minimum atomic E-state index is 0.0162. The van der Waals surface area contributed by atoms with Gasteiger partial charge in [-0.05, 0) is 87.3 Å². The van der Waals surface area contributed by atoms with Gasteiger partial charge in [-0.3, -0.25) is 0 Å². The summed E-state index contributed by atoms with van der Waals surface area (Å²) >= 11 is 1.63. The standard InChI is InChI=1S/C27H34N2O2S/c1-4-20-13-18-6-8-21(20)14-19(12-18)7-9-25-29-24-16-22(17(3)30-5-2)15-23(26(24)31-25)27-28-10-11-32-27/h4,10-11,15-21H,1,5-9,12-14H2,2-3H3. The van der Waals surface area contributed by atoms with Crippen LogP contribution in [0.4, 0.5) is 0 Å². The molecule has 0 saturated heterocycles. The molecule has 0 radical (unpaired) electrons. The second kappa shape index (κ2) is 9.48. The number of rotatable bonds is 8. The van der Waals surface area contributed by atoms with Crippen molar-refractivity contribution in [1.82, 2.24) is 9.97 Å². The van der Waals surface area contributed by atoms with Crippen molar-refractivity contribution >= 4 is 22.4 Å². The largest absolute Gasteiger partial charge is 0.440 e. The summed E-state index contributed by atoms with van der Waals surface area (Å²) in [7, 11) is 0. The summed E-state index contributed by atoms with van der Waals surface area (Å²) in [5, 5.41) is 2.98. The first-order valence-electron chi connectivity index (χ1n) is 12.2. The summed E-state index contributed by atoms with van der Waals surface area (Å²) in [4.78, 5) is 9.46. The summed E-state index contributed by atoms with van der Waals surface area (Å²) in [6.45, 7) is 8.92. The van der Waals surface area contributed by atoms with Crippen LogP contribution in [0.1, 0.15) is 69.9 Å². The predicted molar refractivity (Wildman–Crippen MR) is 131 cm³/mol. The van der Waals surface area contributed by atoms with Gasteiger partial charge >= 0.3 is 0 Å². The van der Waals surface area contributed by atoms with Crippen LogP contribution in [-0.2, 0) is 11.2 Å². The Morgan fingerprint density at radius 1 is 1.28 bits per heavy atom. The van der Waals surface area contributed by atoms with Crippen molar-refractivity contribution in [1.29, 1.82) is 0 Å². The average molecular weight is 451 g/mol. The quantitative estimate of drug-likeness (QED) is 0.331. The lowest BCUT2D eigenvalue weighted by Gasteiger charge is -2.30. The van der Waals surface area contributed by atoms with E-state index in [2.05, 4.69) is 36.7 Å². The fourth-order valence-electron chi connectivity index (χ4n) is 6.02. The molecule has 3 fully saturated rings. The summed E-state index contributed by atoms with van der Waals surface area (Å²) in [6.07, 6.45) is 13.0. The molecule has 2 heterocycles. The number of thiazole rings is 1. The lowest BCUT2D eigenvalue weighted by Crippen LogP contribution is -2.19. The smallest absolute Gasteiger partial charge is 0.195 e. The zero-order valence-corrected chi connectivity index (χ0v) is 20.1. The molecule has 0 spiro atoms. The van der Waals surface area contributed by atoms with Crippen LogP contribution in [0.15, 0.2) is 40.8 Å². The molecule has 2 aromatic heterocycles. The first kappa shape index (κ1) is 21.8. The van der Waals surface area contributed by atoms with Crippen molar-refractivity contribution < 1.29 is 9.15 Å². The van der Waals surface area contributed by atoms with Crippen LogP contribution in [0.25, 0.3) is 21.7 Å². The van der Waals surface area contributed by atoms with Crippen LogP contribution in [0, 0.1) is 23.7 Å². The molecule has 5 unspecified atom stereocenters. The number of nitrogens with zero attached hydrogens (tertiary/aromatic N) is 2. The Labute approximate surface area is 195 Å². The Morgan fingerprint density at radius 2 is 2.19 bits per heavy atom. The van der Waals surface area contributed by atoms with Gasteiger partial charge in [0.25, 0.3) is 0 Å². The third-order valence-corrected chi connectivity index (χ3v) is 8.44. The topological polar surface area (TPSA) is 48.2 Å². The van der Waals surface area contributed by atoms with Crippen molar-refractivity contribution in [2.75, 3.05) is 6.61 Å². The molecule has 0 amide bonds. The lowest BCUT2D eigenvalue weighted by molar-refractivity contribution is 0.0765. The number of allylic oxidation sites excluding steroid dienone is 1. The lowest BCUT2D eigenvalue weighted by atomic mass is 9.76. The van der Waals surface area contributed by atoms with Crippen LogP contribution in [0.5, 0.6) is 0 Å². The highest BCUT2D eigenvalue weighted by Crippen LogP contribution is 2.46. The van der Waals surface area contributed by atoms with Gasteiger partial charge in [-0.2, -0.15) is 0 Å². The van der Waals surface area contributed by atoms with Crippen LogP contribution in [0.3, 0.4) is 0 Å². The number of hydrogen-bond acceptors (Lipinski definition) is 5. The average Bonchev–Trinajstić information content (AvgIpc) is 3.40. The molecule has 3 saturated carbocycles. The van der Waals surface area contributed by atoms with E-state index in [1.165, 1.54) is 38.5 Å². The zero-order chi connectivity index (χ0) is 22.1. The van der Waals surface area contributed by atoms with E-state index in [0.29, 0.717) is 6.61 Å². The zero-order valence-electron chi connectivity index (χ0n) is 19.3. The molecule has 3 aliphatic rings. The van der Waals surface area contributed by atoms with E-state index < -0.39 is 0 Å². The van der Waals surface area contributed by atoms with Gasteiger partial charge in [0.1, 0.15) is 10.5 Å². The first-order chi connectivity index (χ1) is 15.6. The number of aryl methyl sites for hydroxylation is 1. The fraction of sp³-hybridized carbons (Fsp3) is 0.556. The second-order valence-corrected chi connectivity index (χ2v) is 10.6. The van der Waals surface area contributed by atoms with E-state index >= 15 is 0 Å². The van der Waals surface area contributed by atoms with E-state index in [9.17, 15) is 0 Å². The third kappa shape index (κ3) is 4.42. The second-order valence-electron chi connectivity index (χ2n) is 9.67. The van der Waals surface area contributed by atoms with E-state index in [1.54, 1.807) is 11.3 Å². The maximum Gasteiger partial charge on any atom is 0.195 e. The Bertz CT molecular complexity index is 1060. The molecule has 2 bridgehead atoms. The van der Waals surface area contributed by atoms with E-state index in [-0.39, 0.29) is 6.10 Å². The molecule has 5 heteroatoms. The van der Waals surface area contributed by atoms with E-state index in [1.807, 2.05) is 18.5 Å². The Kier molecular flexibility index (Phi) is 6.47. The summed E-state index contributed by atoms with van der Waals surface area (Å²) in [5.41, 5.74) is 3.93. The van der Waals surface area contributed by atoms with Gasteiger partial charge in [0.05, 0.1) is 11.7 Å². The molecule has 1 aromatic carbocycles. The Morgan fingerprint density at radius 3 is 2.97 bits per heavy atom. The normalized spacial score (nSPS) is 26.3. The third-order valence-electron chi connectivity index (χ3n) is 7.63. The van der Waals surface area contributed by atoms with Gasteiger partial charge < -0.3 is 9.15 Å². The molecular weight excluding hydrogens is 416 g/mol. The fourth-order valence-corrected chi connectivity index (χ4v) is 6.67. The van der Waals surface area contributed by atoms with Crippen molar-refractivity contribution in [3.05, 3.63) is 47.8 Å².